The van der Waals surface area contributed by atoms with Crippen LogP contribution in [0.4, 0.5) is 0 Å². The second-order valence-electron chi connectivity index (χ2n) is 5.20. The molecule has 1 aliphatic rings. The normalized spacial score (nSPS) is 20.4. The monoisotopic (exact) mass is 380 g/mol. The summed E-state index contributed by atoms with van der Waals surface area (Å²) in [6.45, 7) is 7.25. The van der Waals surface area contributed by atoms with E-state index in [1.807, 2.05) is 0 Å². The van der Waals surface area contributed by atoms with Gasteiger partial charge in [0.15, 0.2) is 0 Å². The van der Waals surface area contributed by atoms with E-state index in [1.54, 1.807) is 10.8 Å². The van der Waals surface area contributed by atoms with Gasteiger partial charge in [0, 0.05) is 0 Å². The van der Waals surface area contributed by atoms with Crippen LogP contribution in [0.15, 0.2) is 54.1 Å². The molecule has 0 amide bonds. The van der Waals surface area contributed by atoms with Gasteiger partial charge in [-0.05, 0) is 0 Å². The van der Waals surface area contributed by atoms with E-state index in [0.717, 1.165) is 6.42 Å². The number of hydrogen-bond donors (Lipinski definition) is 0. The molecule has 108 valence electrons. The first-order chi connectivity index (χ1) is 8.02. The van der Waals surface area contributed by atoms with E-state index in [1.165, 1.54) is 0 Å². The number of hydrogen-bond acceptors (Lipinski definition) is 0. The molecule has 1 aliphatic carbocycles. The van der Waals surface area contributed by atoms with Crippen LogP contribution < -0.4 is 42.4 Å². The van der Waals surface area contributed by atoms with Crippen molar-refractivity contribution in [3.8, 4) is 0 Å². The fraction of sp³-hybridized carbons (Fsp3) is 0.333. The average Bonchev–Trinajstić information content (AvgIpc) is 2.73. The van der Waals surface area contributed by atoms with Gasteiger partial charge in [-0.3, -0.25) is 0 Å². The molecule has 0 heterocycles. The molecule has 2 rings (SSSR count). The Hall–Kier alpha value is 0.501. The zero-order chi connectivity index (χ0) is 12.5. The second-order valence-corrected chi connectivity index (χ2v) is 11.8. The first-order valence-electron chi connectivity index (χ1n) is 6.22. The molecule has 1 unspecified atom stereocenters. The first-order valence-corrected chi connectivity index (χ1v) is 10.00. The van der Waals surface area contributed by atoms with E-state index >= 15 is 0 Å². The Morgan fingerprint density at radius 2 is 1.60 bits per heavy atom. The van der Waals surface area contributed by atoms with Gasteiger partial charge < -0.3 is 37.2 Å². The maximum absolute atomic E-state index is 2.49. The summed E-state index contributed by atoms with van der Waals surface area (Å²) in [5.74, 6) is 0. The predicted octanol–water partition coefficient (Wildman–Crippen LogP) is -5.24. The summed E-state index contributed by atoms with van der Waals surface area (Å²) in [7, 11) is -1.51. The predicted molar refractivity (Wildman–Crippen MR) is 73.8 cm³/mol. The van der Waals surface area contributed by atoms with Crippen LogP contribution >= 0.6 is 0 Å². The van der Waals surface area contributed by atoms with Gasteiger partial charge in [0.1, 0.15) is 0 Å². The molecule has 1 aromatic carbocycles. The largest absolute Gasteiger partial charge is 1.00 e. The summed E-state index contributed by atoms with van der Waals surface area (Å²) in [4.78, 5) is 0. The molecule has 0 aromatic heterocycles. The Labute approximate surface area is 154 Å². The van der Waals surface area contributed by atoms with Crippen LogP contribution in [-0.4, -0.2) is 8.07 Å². The van der Waals surface area contributed by atoms with E-state index in [2.05, 4.69) is 89.0 Å². The smallest absolute Gasteiger partial charge is 1.00 e. The molecule has 0 fully saturated rings. The molecule has 0 saturated heterocycles. The molecule has 5 heteroatoms. The van der Waals surface area contributed by atoms with Crippen molar-refractivity contribution in [3.63, 3.8) is 0 Å². The summed E-state index contributed by atoms with van der Waals surface area (Å²) < 4.78 is 0.281. The quantitative estimate of drug-likeness (QED) is 0.459. The molecule has 0 saturated carbocycles. The number of benzene rings is 1. The van der Waals surface area contributed by atoms with Crippen molar-refractivity contribution in [2.24, 2.45) is 0 Å². The zero-order valence-electron chi connectivity index (χ0n) is 12.0. The van der Waals surface area contributed by atoms with Gasteiger partial charge in [0.25, 0.3) is 0 Å². The molecule has 1 aromatic rings. The Bertz CT molecular complexity index is 471. The van der Waals surface area contributed by atoms with Crippen molar-refractivity contribution in [3.05, 3.63) is 54.1 Å². The van der Waals surface area contributed by atoms with Crippen LogP contribution in [0.1, 0.15) is 13.3 Å². The molecular formula is C15H19Cl3SiTi. The summed E-state index contributed by atoms with van der Waals surface area (Å²) in [6, 6.07) is 11.0. The second kappa shape index (κ2) is 8.83. The van der Waals surface area contributed by atoms with E-state index < -0.39 is 8.07 Å². The standard InChI is InChI=1S/C15H19Si.3ClH.Ti/c1-4-13-9-8-12-15(13)16(2,3)14-10-6-5-7-11-14;;;;/h5-12H,4H2,1-3H3;3*1H;/q;;;;+3/p-3. The maximum atomic E-state index is 2.49. The summed E-state index contributed by atoms with van der Waals surface area (Å²) >= 11 is 2.42. The Balaban J connectivity index is 0. The molecule has 0 bridgehead atoms. The van der Waals surface area contributed by atoms with Gasteiger partial charge in [0.05, 0.1) is 0 Å². The van der Waals surface area contributed by atoms with Crippen molar-refractivity contribution in [2.45, 2.75) is 29.8 Å². The molecule has 0 aliphatic heterocycles. The van der Waals surface area contributed by atoms with Crippen LogP contribution in [0.3, 0.4) is 0 Å². The van der Waals surface area contributed by atoms with Gasteiger partial charge >= 0.3 is 118 Å². The van der Waals surface area contributed by atoms with Crippen molar-refractivity contribution >= 4 is 13.3 Å². The molecular weight excluding hydrogens is 362 g/mol. The summed E-state index contributed by atoms with van der Waals surface area (Å²) in [6.07, 6.45) is 8.14. The topological polar surface area (TPSA) is 0 Å². The summed E-state index contributed by atoms with van der Waals surface area (Å²) in [5.41, 5.74) is 1.60. The van der Waals surface area contributed by atoms with Crippen molar-refractivity contribution in [1.29, 1.82) is 0 Å². The van der Waals surface area contributed by atoms with Gasteiger partial charge in [-0.2, -0.15) is 0 Å². The van der Waals surface area contributed by atoms with Gasteiger partial charge in [-0.1, -0.05) is 0 Å². The fourth-order valence-corrected chi connectivity index (χ4v) is 6.93. The van der Waals surface area contributed by atoms with E-state index in [4.69, 9.17) is 0 Å². The van der Waals surface area contributed by atoms with Gasteiger partial charge in [-0.15, -0.1) is 0 Å². The molecule has 0 nitrogen and oxygen atoms in total. The third kappa shape index (κ3) is 3.82. The van der Waals surface area contributed by atoms with E-state index in [-0.39, 0.29) is 40.6 Å². The molecule has 0 radical (unpaired) electrons. The van der Waals surface area contributed by atoms with Crippen molar-refractivity contribution < 1.29 is 57.7 Å². The third-order valence-electron chi connectivity index (χ3n) is 4.01. The van der Waals surface area contributed by atoms with E-state index in [0.29, 0.717) is 0 Å². The van der Waals surface area contributed by atoms with Gasteiger partial charge in [-0.25, -0.2) is 0 Å². The summed E-state index contributed by atoms with van der Waals surface area (Å²) in [5, 5.41) is 1.55. The minimum atomic E-state index is -1.51. The molecule has 1 atom stereocenters. The maximum Gasteiger partial charge on any atom is -1.00 e. The average molecular weight is 382 g/mol. The van der Waals surface area contributed by atoms with Crippen LogP contribution in [0.2, 0.25) is 16.4 Å². The van der Waals surface area contributed by atoms with Crippen LogP contribution in [0.5, 0.6) is 0 Å². The Kier molecular flexibility index (Phi) is 10.1. The van der Waals surface area contributed by atoms with E-state index in [9.17, 15) is 0 Å². The molecule has 20 heavy (non-hydrogen) atoms. The number of halogens is 3. The first kappa shape index (κ1) is 22.8. The molecule has 0 spiro atoms. The zero-order valence-corrected chi connectivity index (χ0v) is 16.8. The number of rotatable bonds is 3. The SMILES string of the molecule is CCC1=CC=C[C]1([Ti+3])[Si](C)(C)c1ccccc1.[Cl-].[Cl-].[Cl-]. The minimum Gasteiger partial charge on any atom is -1.00 e. The van der Waals surface area contributed by atoms with Crippen LogP contribution in [0.25, 0.3) is 0 Å². The third-order valence-corrected chi connectivity index (χ3v) is 11.9. The van der Waals surface area contributed by atoms with Crippen molar-refractivity contribution in [1.82, 2.24) is 0 Å². The Morgan fingerprint density at radius 3 is 2.10 bits per heavy atom. The van der Waals surface area contributed by atoms with Crippen LogP contribution in [0, 0.1) is 0 Å². The molecule has 0 N–H and O–H groups in total. The van der Waals surface area contributed by atoms with Crippen LogP contribution in [-0.2, 0) is 20.4 Å². The fourth-order valence-electron chi connectivity index (χ4n) is 2.64. The van der Waals surface area contributed by atoms with Crippen molar-refractivity contribution in [2.75, 3.05) is 0 Å². The number of allylic oxidation sites excluding steroid dienone is 4. The van der Waals surface area contributed by atoms with Gasteiger partial charge in [0.2, 0.25) is 0 Å². The minimum absolute atomic E-state index is 0. The Morgan fingerprint density at radius 1 is 1.05 bits per heavy atom.